The summed E-state index contributed by atoms with van der Waals surface area (Å²) in [6.07, 6.45) is 1.22. The molecule has 0 atom stereocenters. The van der Waals surface area contributed by atoms with Gasteiger partial charge in [0.25, 0.3) is 5.56 Å². The predicted molar refractivity (Wildman–Crippen MR) is 73.2 cm³/mol. The molecular weight excluding hydrogens is 284 g/mol. The Bertz CT molecular complexity index is 746. The number of hydrogen-bond acceptors (Lipinski definition) is 3. The monoisotopic (exact) mass is 294 g/mol. The number of H-pyrrole nitrogens is 1. The highest BCUT2D eigenvalue weighted by atomic mass is 35.5. The highest BCUT2D eigenvalue weighted by Gasteiger charge is 2.04. The zero-order chi connectivity index (χ0) is 14.7. The number of carboxylic acid groups (broad SMARTS) is 1. The maximum atomic E-state index is 11.6. The van der Waals surface area contributed by atoms with Crippen molar-refractivity contribution in [3.63, 3.8) is 0 Å². The Morgan fingerprint density at radius 2 is 1.80 bits per heavy atom. The lowest BCUT2D eigenvalue weighted by Gasteiger charge is -2.06. The topological polar surface area (TPSA) is 92.2 Å². The van der Waals surface area contributed by atoms with Crippen LogP contribution in [0.1, 0.15) is 11.1 Å². The fourth-order valence-electron chi connectivity index (χ4n) is 1.73. The van der Waals surface area contributed by atoms with Gasteiger partial charge in [-0.05, 0) is 11.1 Å². The summed E-state index contributed by atoms with van der Waals surface area (Å²) in [5.74, 6) is -0.901. The first-order valence-electron chi connectivity index (χ1n) is 5.74. The molecular formula is C13H11ClN2O4. The molecule has 0 aliphatic carbocycles. The lowest BCUT2D eigenvalue weighted by molar-refractivity contribution is -0.136. The highest BCUT2D eigenvalue weighted by Crippen LogP contribution is 2.07. The van der Waals surface area contributed by atoms with Gasteiger partial charge >= 0.3 is 11.7 Å². The van der Waals surface area contributed by atoms with Gasteiger partial charge in [-0.15, -0.1) is 0 Å². The second-order valence-corrected chi connectivity index (χ2v) is 4.66. The van der Waals surface area contributed by atoms with Crippen LogP contribution in [-0.2, 0) is 17.8 Å². The Balaban J connectivity index is 2.22. The first-order chi connectivity index (χ1) is 9.45. The Kier molecular flexibility index (Phi) is 4.05. The van der Waals surface area contributed by atoms with E-state index in [-0.39, 0.29) is 18.0 Å². The molecule has 1 aromatic carbocycles. The van der Waals surface area contributed by atoms with Crippen molar-refractivity contribution in [3.8, 4) is 0 Å². The maximum absolute atomic E-state index is 11.6. The molecule has 1 aromatic heterocycles. The summed E-state index contributed by atoms with van der Waals surface area (Å²) in [5, 5.41) is 8.61. The Morgan fingerprint density at radius 3 is 2.40 bits per heavy atom. The number of benzene rings is 1. The third-order valence-corrected chi connectivity index (χ3v) is 2.97. The summed E-state index contributed by atoms with van der Waals surface area (Å²) in [5.41, 5.74) is 0.302. The average molecular weight is 295 g/mol. The summed E-state index contributed by atoms with van der Waals surface area (Å²) < 4.78 is 1.27. The molecule has 0 aliphatic rings. The second kappa shape index (κ2) is 5.75. The summed E-state index contributed by atoms with van der Waals surface area (Å²) in [6.45, 7) is 0.239. The van der Waals surface area contributed by atoms with Crippen LogP contribution in [0.15, 0.2) is 40.1 Å². The molecule has 2 rings (SSSR count). The van der Waals surface area contributed by atoms with Crippen LogP contribution >= 0.6 is 11.6 Å². The average Bonchev–Trinajstić information content (AvgIpc) is 2.37. The number of hydrogen-bond donors (Lipinski definition) is 2. The lowest BCUT2D eigenvalue weighted by atomic mass is 10.1. The first kappa shape index (κ1) is 14.1. The van der Waals surface area contributed by atoms with E-state index >= 15 is 0 Å². The summed E-state index contributed by atoms with van der Waals surface area (Å²) in [4.78, 5) is 35.4. The number of nitrogens with one attached hydrogen (secondary N) is 1. The number of aromatic amines is 1. The van der Waals surface area contributed by atoms with Crippen LogP contribution < -0.4 is 11.2 Å². The number of carboxylic acids is 1. The highest BCUT2D eigenvalue weighted by molar-refractivity contribution is 6.30. The van der Waals surface area contributed by atoms with Gasteiger partial charge in [0.05, 0.1) is 13.0 Å². The number of aliphatic carboxylic acids is 1. The van der Waals surface area contributed by atoms with Crippen LogP contribution in [0.3, 0.4) is 0 Å². The molecule has 0 saturated carbocycles. The zero-order valence-corrected chi connectivity index (χ0v) is 11.1. The molecule has 0 unspecified atom stereocenters. The van der Waals surface area contributed by atoms with Gasteiger partial charge in [-0.3, -0.25) is 19.1 Å². The zero-order valence-electron chi connectivity index (χ0n) is 10.3. The van der Waals surface area contributed by atoms with Gasteiger partial charge in [-0.1, -0.05) is 35.9 Å². The van der Waals surface area contributed by atoms with Crippen molar-refractivity contribution < 1.29 is 9.90 Å². The number of aromatic nitrogens is 2. The van der Waals surface area contributed by atoms with Crippen molar-refractivity contribution in [2.24, 2.45) is 0 Å². The first-order valence-corrected chi connectivity index (χ1v) is 6.12. The predicted octanol–water partition coefficient (Wildman–Crippen LogP) is 0.865. The second-order valence-electron chi connectivity index (χ2n) is 4.25. The van der Waals surface area contributed by atoms with Gasteiger partial charge in [-0.25, -0.2) is 4.79 Å². The van der Waals surface area contributed by atoms with Crippen molar-refractivity contribution in [1.29, 1.82) is 0 Å². The molecule has 0 bridgehead atoms. The van der Waals surface area contributed by atoms with Gasteiger partial charge in [0, 0.05) is 6.20 Å². The fraction of sp³-hybridized carbons (Fsp3) is 0.154. The summed E-state index contributed by atoms with van der Waals surface area (Å²) >= 11 is 5.67. The lowest BCUT2D eigenvalue weighted by Crippen LogP contribution is -2.29. The number of nitrogens with zero attached hydrogens (tertiary/aromatic N) is 1. The fourth-order valence-corrected chi connectivity index (χ4v) is 1.90. The molecule has 0 aliphatic heterocycles. The number of rotatable bonds is 4. The Morgan fingerprint density at radius 1 is 1.20 bits per heavy atom. The Hall–Kier alpha value is -2.34. The van der Waals surface area contributed by atoms with Crippen LogP contribution in [0.5, 0.6) is 0 Å². The standard InChI is InChI=1S/C13H11ClN2O4/c14-10-7-16(13(20)15-12(10)19)6-9-3-1-8(2-4-9)5-11(17)18/h1-4,7H,5-6H2,(H,17,18)(H,15,19,20). The molecule has 2 N–H and O–H groups in total. The smallest absolute Gasteiger partial charge is 0.328 e. The van der Waals surface area contributed by atoms with E-state index in [1.165, 1.54) is 10.8 Å². The van der Waals surface area contributed by atoms with E-state index < -0.39 is 17.2 Å². The Labute approximate surface area is 118 Å². The van der Waals surface area contributed by atoms with E-state index in [2.05, 4.69) is 4.98 Å². The van der Waals surface area contributed by atoms with Gasteiger partial charge in [0.2, 0.25) is 0 Å². The third-order valence-electron chi connectivity index (χ3n) is 2.70. The summed E-state index contributed by atoms with van der Waals surface area (Å²) in [7, 11) is 0. The molecule has 0 saturated heterocycles. The van der Waals surface area contributed by atoms with Crippen LogP contribution in [-0.4, -0.2) is 20.6 Å². The van der Waals surface area contributed by atoms with Crippen LogP contribution in [0.25, 0.3) is 0 Å². The molecule has 1 heterocycles. The van der Waals surface area contributed by atoms with Crippen molar-refractivity contribution in [2.75, 3.05) is 0 Å². The maximum Gasteiger partial charge on any atom is 0.328 e. The molecule has 20 heavy (non-hydrogen) atoms. The number of carbonyl (C=O) groups is 1. The van der Waals surface area contributed by atoms with E-state index in [4.69, 9.17) is 16.7 Å². The SMILES string of the molecule is O=C(O)Cc1ccc(Cn2cc(Cl)c(=O)[nH]c2=O)cc1. The van der Waals surface area contributed by atoms with Crippen molar-refractivity contribution in [1.82, 2.24) is 9.55 Å². The molecule has 0 fully saturated rings. The van der Waals surface area contributed by atoms with Crippen LogP contribution in [0.2, 0.25) is 5.02 Å². The largest absolute Gasteiger partial charge is 0.481 e. The van der Waals surface area contributed by atoms with Crippen molar-refractivity contribution in [2.45, 2.75) is 13.0 Å². The van der Waals surface area contributed by atoms with Crippen LogP contribution in [0.4, 0.5) is 0 Å². The molecule has 2 aromatic rings. The van der Waals surface area contributed by atoms with Gasteiger partial charge in [0.15, 0.2) is 0 Å². The van der Waals surface area contributed by atoms with E-state index in [9.17, 15) is 14.4 Å². The minimum Gasteiger partial charge on any atom is -0.481 e. The van der Waals surface area contributed by atoms with Crippen molar-refractivity contribution in [3.05, 3.63) is 67.4 Å². The van der Waals surface area contributed by atoms with Gasteiger partial charge < -0.3 is 5.11 Å². The molecule has 0 spiro atoms. The minimum atomic E-state index is -0.901. The molecule has 104 valence electrons. The normalized spacial score (nSPS) is 10.4. The minimum absolute atomic E-state index is 0.0509. The quantitative estimate of drug-likeness (QED) is 0.875. The van der Waals surface area contributed by atoms with Gasteiger partial charge in [0.1, 0.15) is 5.02 Å². The van der Waals surface area contributed by atoms with Crippen molar-refractivity contribution >= 4 is 17.6 Å². The molecule has 0 radical (unpaired) electrons. The molecule has 7 heteroatoms. The van der Waals surface area contributed by atoms with E-state index in [0.717, 1.165) is 5.56 Å². The van der Waals surface area contributed by atoms with E-state index in [1.807, 2.05) is 0 Å². The number of halogens is 1. The van der Waals surface area contributed by atoms with Gasteiger partial charge in [-0.2, -0.15) is 0 Å². The third kappa shape index (κ3) is 3.36. The molecule has 6 nitrogen and oxygen atoms in total. The molecule has 0 amide bonds. The van der Waals surface area contributed by atoms with E-state index in [0.29, 0.717) is 5.56 Å². The van der Waals surface area contributed by atoms with E-state index in [1.54, 1.807) is 24.3 Å². The van der Waals surface area contributed by atoms with Crippen LogP contribution in [0, 0.1) is 0 Å². The summed E-state index contributed by atoms with van der Waals surface area (Å²) in [6, 6.07) is 6.82.